The fourth-order valence-electron chi connectivity index (χ4n) is 2.21. The van der Waals surface area contributed by atoms with Crippen LogP contribution < -0.4 is 0 Å². The Balaban J connectivity index is 2.16. The molecule has 0 amide bonds. The molecule has 0 saturated heterocycles. The maximum atomic E-state index is 6.57. The molecule has 103 valence electrons. The molecule has 0 aromatic heterocycles. The highest BCUT2D eigenvalue weighted by Crippen LogP contribution is 2.37. The van der Waals surface area contributed by atoms with E-state index in [4.69, 9.17) is 34.8 Å². The summed E-state index contributed by atoms with van der Waals surface area (Å²) in [6.45, 7) is 0. The van der Waals surface area contributed by atoms with Crippen molar-refractivity contribution in [2.45, 2.75) is 0 Å². The van der Waals surface area contributed by atoms with Gasteiger partial charge in [-0.3, -0.25) is 0 Å². The Morgan fingerprint density at radius 1 is 0.714 bits per heavy atom. The first kappa shape index (κ1) is 14.5. The molecular formula is C18H10Cl3. The van der Waals surface area contributed by atoms with Gasteiger partial charge in [-0.2, -0.15) is 0 Å². The van der Waals surface area contributed by atoms with Crippen LogP contribution in [0.1, 0.15) is 0 Å². The summed E-state index contributed by atoms with van der Waals surface area (Å²) in [6.07, 6.45) is 0. The summed E-state index contributed by atoms with van der Waals surface area (Å²) < 4.78 is 0. The Labute approximate surface area is 138 Å². The van der Waals surface area contributed by atoms with Crippen LogP contribution >= 0.6 is 34.8 Å². The first-order valence-electron chi connectivity index (χ1n) is 6.37. The minimum Gasteiger partial charge on any atom is -0.0843 e. The van der Waals surface area contributed by atoms with Crippen molar-refractivity contribution in [3.8, 4) is 22.3 Å². The lowest BCUT2D eigenvalue weighted by atomic mass is 9.99. The van der Waals surface area contributed by atoms with E-state index in [0.29, 0.717) is 15.1 Å². The summed E-state index contributed by atoms with van der Waals surface area (Å²) in [7, 11) is 0. The van der Waals surface area contributed by atoms with Crippen LogP contribution in [0.2, 0.25) is 15.1 Å². The fraction of sp³-hybridized carbons (Fsp3) is 0. The van der Waals surface area contributed by atoms with E-state index < -0.39 is 0 Å². The van der Waals surface area contributed by atoms with E-state index in [1.807, 2.05) is 60.7 Å². The second-order valence-corrected chi connectivity index (χ2v) is 5.85. The average molecular weight is 333 g/mol. The normalized spacial score (nSPS) is 10.6. The van der Waals surface area contributed by atoms with Crippen molar-refractivity contribution in [3.05, 3.63) is 81.8 Å². The van der Waals surface area contributed by atoms with Gasteiger partial charge in [-0.05, 0) is 41.5 Å². The fourth-order valence-corrected chi connectivity index (χ4v) is 2.93. The van der Waals surface area contributed by atoms with Crippen LogP contribution in [0.5, 0.6) is 0 Å². The first-order valence-corrected chi connectivity index (χ1v) is 7.50. The van der Waals surface area contributed by atoms with Crippen molar-refractivity contribution in [1.29, 1.82) is 0 Å². The van der Waals surface area contributed by atoms with Gasteiger partial charge in [0.2, 0.25) is 0 Å². The highest BCUT2D eigenvalue weighted by atomic mass is 35.5. The molecule has 0 aliphatic rings. The predicted molar refractivity (Wildman–Crippen MR) is 91.2 cm³/mol. The van der Waals surface area contributed by atoms with E-state index in [0.717, 1.165) is 22.3 Å². The molecule has 0 aliphatic carbocycles. The molecule has 0 heterocycles. The molecule has 3 rings (SSSR count). The molecular weight excluding hydrogens is 323 g/mol. The highest BCUT2D eigenvalue weighted by molar-refractivity contribution is 6.36. The van der Waals surface area contributed by atoms with Crippen LogP contribution in [-0.4, -0.2) is 0 Å². The smallest absolute Gasteiger partial charge is 0.0569 e. The van der Waals surface area contributed by atoms with Crippen LogP contribution in [0, 0.1) is 6.07 Å². The largest absolute Gasteiger partial charge is 0.0843 e. The van der Waals surface area contributed by atoms with Gasteiger partial charge in [-0.1, -0.05) is 71.2 Å². The summed E-state index contributed by atoms with van der Waals surface area (Å²) >= 11 is 18.7. The second-order valence-electron chi connectivity index (χ2n) is 4.60. The Hall–Kier alpha value is -1.47. The zero-order valence-electron chi connectivity index (χ0n) is 10.9. The predicted octanol–water partition coefficient (Wildman–Crippen LogP) is 6.78. The lowest BCUT2D eigenvalue weighted by molar-refractivity contribution is 1.58. The Kier molecular flexibility index (Phi) is 4.21. The third-order valence-corrected chi connectivity index (χ3v) is 4.05. The SMILES string of the molecule is Clc1cccc(-c2[c]ccc(-c3cccc(Cl)c3)c2Cl)c1. The molecule has 0 unspecified atom stereocenters. The zero-order valence-corrected chi connectivity index (χ0v) is 13.2. The molecule has 3 aromatic carbocycles. The van der Waals surface area contributed by atoms with Crippen LogP contribution in [0.4, 0.5) is 0 Å². The van der Waals surface area contributed by atoms with Gasteiger partial charge in [0.25, 0.3) is 0 Å². The number of rotatable bonds is 2. The van der Waals surface area contributed by atoms with Crippen LogP contribution in [-0.2, 0) is 0 Å². The molecule has 0 N–H and O–H groups in total. The maximum Gasteiger partial charge on any atom is 0.0569 e. The molecule has 0 saturated carbocycles. The lowest BCUT2D eigenvalue weighted by Gasteiger charge is -2.10. The van der Waals surface area contributed by atoms with Gasteiger partial charge in [-0.15, -0.1) is 0 Å². The minimum absolute atomic E-state index is 0.641. The molecule has 0 atom stereocenters. The van der Waals surface area contributed by atoms with Crippen molar-refractivity contribution in [1.82, 2.24) is 0 Å². The molecule has 3 heteroatoms. The van der Waals surface area contributed by atoms with Crippen LogP contribution in [0.3, 0.4) is 0 Å². The molecule has 0 spiro atoms. The van der Waals surface area contributed by atoms with Gasteiger partial charge >= 0.3 is 0 Å². The summed E-state index contributed by atoms with van der Waals surface area (Å²) in [5.74, 6) is 0. The van der Waals surface area contributed by atoms with Crippen LogP contribution in [0.25, 0.3) is 22.3 Å². The van der Waals surface area contributed by atoms with E-state index in [9.17, 15) is 0 Å². The Morgan fingerprint density at radius 2 is 1.33 bits per heavy atom. The molecule has 3 aromatic rings. The molecule has 0 bridgehead atoms. The van der Waals surface area contributed by atoms with Gasteiger partial charge in [0, 0.05) is 21.2 Å². The third kappa shape index (κ3) is 3.08. The monoisotopic (exact) mass is 331 g/mol. The highest BCUT2D eigenvalue weighted by Gasteiger charge is 2.10. The molecule has 0 nitrogen and oxygen atoms in total. The second kappa shape index (κ2) is 6.11. The summed E-state index contributed by atoms with van der Waals surface area (Å²) in [5, 5.41) is 1.99. The Morgan fingerprint density at radius 3 is 2.00 bits per heavy atom. The van der Waals surface area contributed by atoms with Crippen molar-refractivity contribution < 1.29 is 0 Å². The summed E-state index contributed by atoms with van der Waals surface area (Å²) in [4.78, 5) is 0. The van der Waals surface area contributed by atoms with E-state index in [2.05, 4.69) is 6.07 Å². The molecule has 21 heavy (non-hydrogen) atoms. The standard InChI is InChI=1S/C18H10Cl3/c19-14-6-1-4-12(10-14)16-8-3-9-17(18(16)21)13-5-2-7-15(20)11-13/h1-8,10-11H. The van der Waals surface area contributed by atoms with Gasteiger partial charge in [0.05, 0.1) is 5.02 Å². The topological polar surface area (TPSA) is 0 Å². The quantitative estimate of drug-likeness (QED) is 0.485. The average Bonchev–Trinajstić information content (AvgIpc) is 2.47. The van der Waals surface area contributed by atoms with Gasteiger partial charge in [0.15, 0.2) is 0 Å². The molecule has 0 aliphatic heterocycles. The van der Waals surface area contributed by atoms with E-state index >= 15 is 0 Å². The van der Waals surface area contributed by atoms with Crippen molar-refractivity contribution in [2.75, 3.05) is 0 Å². The molecule has 1 radical (unpaired) electrons. The number of hydrogen-bond acceptors (Lipinski definition) is 0. The zero-order chi connectivity index (χ0) is 14.8. The third-order valence-electron chi connectivity index (χ3n) is 3.18. The number of hydrogen-bond donors (Lipinski definition) is 0. The number of halogens is 3. The van der Waals surface area contributed by atoms with E-state index in [-0.39, 0.29) is 0 Å². The van der Waals surface area contributed by atoms with Crippen molar-refractivity contribution in [2.24, 2.45) is 0 Å². The number of benzene rings is 3. The lowest BCUT2D eigenvalue weighted by Crippen LogP contribution is -1.85. The van der Waals surface area contributed by atoms with Crippen molar-refractivity contribution >= 4 is 34.8 Å². The van der Waals surface area contributed by atoms with Crippen LogP contribution in [0.15, 0.2) is 60.7 Å². The van der Waals surface area contributed by atoms with E-state index in [1.165, 1.54) is 0 Å². The summed E-state index contributed by atoms with van der Waals surface area (Å²) in [5.41, 5.74) is 3.67. The Bertz CT molecular complexity index is 730. The van der Waals surface area contributed by atoms with Crippen molar-refractivity contribution in [3.63, 3.8) is 0 Å². The van der Waals surface area contributed by atoms with Gasteiger partial charge in [-0.25, -0.2) is 0 Å². The molecule has 0 fully saturated rings. The summed E-state index contributed by atoms with van der Waals surface area (Å²) in [6, 6.07) is 22.2. The minimum atomic E-state index is 0.641. The maximum absolute atomic E-state index is 6.57. The van der Waals surface area contributed by atoms with Gasteiger partial charge in [0.1, 0.15) is 0 Å². The van der Waals surface area contributed by atoms with Gasteiger partial charge < -0.3 is 0 Å². The van der Waals surface area contributed by atoms with E-state index in [1.54, 1.807) is 0 Å². The first-order chi connectivity index (χ1) is 10.1.